The highest BCUT2D eigenvalue weighted by molar-refractivity contribution is 5.78. The van der Waals surface area contributed by atoms with E-state index in [-0.39, 0.29) is 13.0 Å². The van der Waals surface area contributed by atoms with Gasteiger partial charge in [0.05, 0.1) is 20.3 Å². The van der Waals surface area contributed by atoms with Crippen LogP contribution in [0.15, 0.2) is 0 Å². The zero-order valence-corrected chi connectivity index (χ0v) is 11.5. The molecule has 2 fully saturated rings. The standard InChI is InChI=1S/C12H21NO8/c1-20-11(19)9-12(2-5(3-14)13-9)10(18)8(17)7(16)6(4-15)21-12/h5-10,13-18H,2-4H2,1H3/t5-,6+,7+,8-,9+,10?,12-/m0/s1. The lowest BCUT2D eigenvalue weighted by Gasteiger charge is -2.48. The Kier molecular flexibility index (Phi) is 4.83. The van der Waals surface area contributed by atoms with Crippen molar-refractivity contribution in [1.82, 2.24) is 5.32 Å². The lowest BCUT2D eigenvalue weighted by molar-refractivity contribution is -0.276. The van der Waals surface area contributed by atoms with E-state index in [1.54, 1.807) is 0 Å². The second kappa shape index (κ2) is 6.13. The summed E-state index contributed by atoms with van der Waals surface area (Å²) >= 11 is 0. The minimum absolute atomic E-state index is 0.0186. The van der Waals surface area contributed by atoms with E-state index in [0.717, 1.165) is 7.11 Å². The molecule has 0 aromatic heterocycles. The van der Waals surface area contributed by atoms with Crippen LogP contribution in [0.1, 0.15) is 6.42 Å². The van der Waals surface area contributed by atoms with Crippen molar-refractivity contribution in [2.45, 2.75) is 48.5 Å². The molecule has 2 rings (SSSR count). The molecular formula is C12H21NO8. The molecule has 0 aromatic rings. The molecule has 1 spiro atoms. The molecule has 2 heterocycles. The highest BCUT2D eigenvalue weighted by atomic mass is 16.6. The molecule has 9 nitrogen and oxygen atoms in total. The second-order valence-electron chi connectivity index (χ2n) is 5.43. The van der Waals surface area contributed by atoms with Crippen molar-refractivity contribution in [3.8, 4) is 0 Å². The van der Waals surface area contributed by atoms with Gasteiger partial charge in [-0.1, -0.05) is 0 Å². The summed E-state index contributed by atoms with van der Waals surface area (Å²) in [5.41, 5.74) is -1.59. The highest BCUT2D eigenvalue weighted by Gasteiger charge is 2.63. The molecule has 2 aliphatic heterocycles. The molecule has 122 valence electrons. The normalized spacial score (nSPS) is 46.8. The first-order valence-corrected chi connectivity index (χ1v) is 6.69. The first-order chi connectivity index (χ1) is 9.91. The average Bonchev–Trinajstić information content (AvgIpc) is 2.88. The minimum Gasteiger partial charge on any atom is -0.468 e. The Morgan fingerprint density at radius 1 is 1.29 bits per heavy atom. The zero-order valence-electron chi connectivity index (χ0n) is 11.5. The molecule has 0 aromatic carbocycles. The van der Waals surface area contributed by atoms with Crippen LogP contribution in [-0.4, -0.2) is 93.9 Å². The van der Waals surface area contributed by atoms with E-state index in [1.807, 2.05) is 0 Å². The zero-order chi connectivity index (χ0) is 15.8. The summed E-state index contributed by atoms with van der Waals surface area (Å²) in [5.74, 6) is -0.731. The van der Waals surface area contributed by atoms with Crippen LogP contribution >= 0.6 is 0 Å². The van der Waals surface area contributed by atoms with Gasteiger partial charge in [-0.05, 0) is 6.42 Å². The van der Waals surface area contributed by atoms with E-state index >= 15 is 0 Å². The van der Waals surface area contributed by atoms with Crippen LogP contribution in [0.25, 0.3) is 0 Å². The molecule has 6 N–H and O–H groups in total. The number of rotatable bonds is 3. The molecule has 0 amide bonds. The van der Waals surface area contributed by atoms with E-state index < -0.39 is 54.7 Å². The molecule has 0 bridgehead atoms. The Bertz CT molecular complexity index is 391. The summed E-state index contributed by atoms with van der Waals surface area (Å²) in [7, 11) is 1.16. The van der Waals surface area contributed by atoms with Gasteiger partial charge in [0, 0.05) is 6.04 Å². The summed E-state index contributed by atoms with van der Waals surface area (Å²) in [6.07, 6.45) is -5.80. The third-order valence-corrected chi connectivity index (χ3v) is 4.22. The maximum atomic E-state index is 11.9. The van der Waals surface area contributed by atoms with Crippen LogP contribution in [0.2, 0.25) is 0 Å². The monoisotopic (exact) mass is 307 g/mol. The van der Waals surface area contributed by atoms with Crippen molar-refractivity contribution in [3.05, 3.63) is 0 Å². The van der Waals surface area contributed by atoms with Gasteiger partial charge >= 0.3 is 5.97 Å². The van der Waals surface area contributed by atoms with Crippen LogP contribution in [-0.2, 0) is 14.3 Å². The minimum atomic E-state index is -1.60. The summed E-state index contributed by atoms with van der Waals surface area (Å²) in [5, 5.41) is 51.3. The molecule has 2 saturated heterocycles. The number of aliphatic hydroxyl groups excluding tert-OH is 5. The number of hydrogen-bond donors (Lipinski definition) is 6. The number of aliphatic hydroxyl groups is 5. The summed E-state index contributed by atoms with van der Waals surface area (Å²) in [6.45, 7) is -0.905. The van der Waals surface area contributed by atoms with E-state index in [0.29, 0.717) is 0 Å². The van der Waals surface area contributed by atoms with Crippen LogP contribution in [0.3, 0.4) is 0 Å². The van der Waals surface area contributed by atoms with Gasteiger partial charge < -0.3 is 35.0 Å². The van der Waals surface area contributed by atoms with Crippen LogP contribution < -0.4 is 5.32 Å². The number of carbonyl (C=O) groups excluding carboxylic acids is 1. The van der Waals surface area contributed by atoms with Crippen molar-refractivity contribution >= 4 is 5.97 Å². The fraction of sp³-hybridized carbons (Fsp3) is 0.917. The smallest absolute Gasteiger partial charge is 0.326 e. The Balaban J connectivity index is 2.37. The third-order valence-electron chi connectivity index (χ3n) is 4.22. The van der Waals surface area contributed by atoms with Crippen LogP contribution in [0.5, 0.6) is 0 Å². The predicted molar refractivity (Wildman–Crippen MR) is 67.1 cm³/mol. The molecule has 0 saturated carbocycles. The molecule has 21 heavy (non-hydrogen) atoms. The molecule has 2 aliphatic rings. The molecule has 9 heteroatoms. The molecule has 7 atom stereocenters. The fourth-order valence-electron chi connectivity index (χ4n) is 3.11. The predicted octanol–water partition coefficient (Wildman–Crippen LogP) is -3.91. The van der Waals surface area contributed by atoms with Gasteiger partial charge in [0.1, 0.15) is 36.1 Å². The number of carbonyl (C=O) groups is 1. The largest absolute Gasteiger partial charge is 0.468 e. The van der Waals surface area contributed by atoms with Crippen LogP contribution in [0, 0.1) is 0 Å². The number of methoxy groups -OCH3 is 1. The number of nitrogens with one attached hydrogen (secondary N) is 1. The first-order valence-electron chi connectivity index (χ1n) is 6.69. The Labute approximate surface area is 121 Å². The fourth-order valence-corrected chi connectivity index (χ4v) is 3.11. The second-order valence-corrected chi connectivity index (χ2v) is 5.43. The van der Waals surface area contributed by atoms with Crippen molar-refractivity contribution in [3.63, 3.8) is 0 Å². The van der Waals surface area contributed by atoms with Gasteiger partial charge in [-0.15, -0.1) is 0 Å². The maximum absolute atomic E-state index is 11.9. The molecule has 1 unspecified atom stereocenters. The number of ether oxygens (including phenoxy) is 2. The summed E-state index contributed by atoms with van der Waals surface area (Å²) < 4.78 is 10.2. The lowest BCUT2D eigenvalue weighted by Crippen LogP contribution is -2.70. The van der Waals surface area contributed by atoms with Gasteiger partial charge in [0.25, 0.3) is 0 Å². The molecule has 0 aliphatic carbocycles. The third kappa shape index (κ3) is 2.55. The Hall–Kier alpha value is -0.810. The van der Waals surface area contributed by atoms with Crippen molar-refractivity contribution in [2.75, 3.05) is 20.3 Å². The van der Waals surface area contributed by atoms with Gasteiger partial charge in [0.2, 0.25) is 0 Å². The SMILES string of the molecule is COC(=O)[C@H]1N[C@H](CO)C[C@]12O[C@H](CO)[C@@H](O)[C@H](O)C2O. The van der Waals surface area contributed by atoms with Crippen LogP contribution in [0.4, 0.5) is 0 Å². The van der Waals surface area contributed by atoms with Gasteiger partial charge in [-0.3, -0.25) is 10.1 Å². The van der Waals surface area contributed by atoms with E-state index in [9.17, 15) is 30.3 Å². The lowest BCUT2D eigenvalue weighted by atomic mass is 9.79. The molecule has 0 radical (unpaired) electrons. The van der Waals surface area contributed by atoms with Gasteiger partial charge in [-0.25, -0.2) is 0 Å². The summed E-state index contributed by atoms with van der Waals surface area (Å²) in [6, 6.07) is -1.68. The Morgan fingerprint density at radius 2 is 1.95 bits per heavy atom. The topological polar surface area (TPSA) is 149 Å². The van der Waals surface area contributed by atoms with Crippen molar-refractivity contribution in [2.24, 2.45) is 0 Å². The highest BCUT2D eigenvalue weighted by Crippen LogP contribution is 2.40. The van der Waals surface area contributed by atoms with E-state index in [4.69, 9.17) is 4.74 Å². The first kappa shape index (κ1) is 16.6. The number of hydrogen-bond acceptors (Lipinski definition) is 9. The van der Waals surface area contributed by atoms with E-state index in [2.05, 4.69) is 10.1 Å². The van der Waals surface area contributed by atoms with E-state index in [1.165, 1.54) is 0 Å². The Morgan fingerprint density at radius 3 is 2.48 bits per heavy atom. The number of esters is 1. The van der Waals surface area contributed by atoms with Gasteiger partial charge in [-0.2, -0.15) is 0 Å². The summed E-state index contributed by atoms with van der Waals surface area (Å²) in [4.78, 5) is 11.9. The maximum Gasteiger partial charge on any atom is 0.326 e. The quantitative estimate of drug-likeness (QED) is 0.288. The van der Waals surface area contributed by atoms with Crippen molar-refractivity contribution in [1.29, 1.82) is 0 Å². The van der Waals surface area contributed by atoms with Gasteiger partial charge in [0.15, 0.2) is 0 Å². The molecular weight excluding hydrogens is 286 g/mol. The van der Waals surface area contributed by atoms with Crippen molar-refractivity contribution < 1.29 is 39.8 Å². The average molecular weight is 307 g/mol.